The number of ether oxygens (including phenoxy) is 1. The average molecular weight is 258 g/mol. The van der Waals surface area contributed by atoms with Gasteiger partial charge in [0.25, 0.3) is 0 Å². The van der Waals surface area contributed by atoms with E-state index in [0.717, 1.165) is 19.5 Å². The molecule has 0 aromatic heterocycles. The fourth-order valence-corrected chi connectivity index (χ4v) is 2.04. The highest BCUT2D eigenvalue weighted by Crippen LogP contribution is 2.13. The Morgan fingerprint density at radius 1 is 1.28 bits per heavy atom. The first-order valence-electron chi connectivity index (χ1n) is 6.66. The highest BCUT2D eigenvalue weighted by atomic mass is 16.6. The van der Waals surface area contributed by atoms with Crippen LogP contribution in [0.5, 0.6) is 0 Å². The van der Waals surface area contributed by atoms with E-state index in [0.29, 0.717) is 19.1 Å². The third-order valence-electron chi connectivity index (χ3n) is 3.14. The molecule has 1 heterocycles. The zero-order chi connectivity index (χ0) is 13.8. The minimum Gasteiger partial charge on any atom is -0.444 e. The van der Waals surface area contributed by atoms with Crippen molar-refractivity contribution in [1.82, 2.24) is 9.80 Å². The molecule has 5 heteroatoms. The Morgan fingerprint density at radius 3 is 2.28 bits per heavy atom. The summed E-state index contributed by atoms with van der Waals surface area (Å²) < 4.78 is 5.35. The molecule has 1 fully saturated rings. The summed E-state index contributed by atoms with van der Waals surface area (Å²) in [5.74, 6) is 0. The van der Waals surface area contributed by atoms with Crippen molar-refractivity contribution in [2.45, 2.75) is 45.8 Å². The molecule has 5 nitrogen and oxygen atoms in total. The van der Waals surface area contributed by atoms with E-state index in [1.807, 2.05) is 20.8 Å². The predicted molar refractivity (Wildman–Crippen MR) is 70.5 cm³/mol. The Balaban J connectivity index is 2.37. The largest absolute Gasteiger partial charge is 0.444 e. The van der Waals surface area contributed by atoms with E-state index in [1.165, 1.54) is 0 Å². The molecule has 18 heavy (non-hydrogen) atoms. The number of carbonyl (C=O) groups excluding carboxylic acids is 1. The SMILES string of the molecule is C[C@@H](CCO)N1CCN(C(=O)OC(C)(C)C)CC1. The Labute approximate surface area is 110 Å². The molecule has 0 radical (unpaired) electrons. The highest BCUT2D eigenvalue weighted by Gasteiger charge is 2.27. The lowest BCUT2D eigenvalue weighted by Crippen LogP contribution is -2.52. The Hall–Kier alpha value is -0.810. The molecule has 0 unspecified atom stereocenters. The third-order valence-corrected chi connectivity index (χ3v) is 3.14. The second kappa shape index (κ2) is 6.38. The van der Waals surface area contributed by atoms with Crippen LogP contribution >= 0.6 is 0 Å². The first kappa shape index (κ1) is 15.2. The van der Waals surface area contributed by atoms with E-state index in [4.69, 9.17) is 9.84 Å². The van der Waals surface area contributed by atoms with Gasteiger partial charge in [-0.3, -0.25) is 4.90 Å². The summed E-state index contributed by atoms with van der Waals surface area (Å²) in [5, 5.41) is 8.92. The van der Waals surface area contributed by atoms with Gasteiger partial charge in [-0.15, -0.1) is 0 Å². The minimum absolute atomic E-state index is 0.216. The Morgan fingerprint density at radius 2 is 1.83 bits per heavy atom. The van der Waals surface area contributed by atoms with Crippen molar-refractivity contribution in [2.75, 3.05) is 32.8 Å². The van der Waals surface area contributed by atoms with Gasteiger partial charge in [0.15, 0.2) is 0 Å². The summed E-state index contributed by atoms with van der Waals surface area (Å²) in [5.41, 5.74) is -0.432. The maximum Gasteiger partial charge on any atom is 0.410 e. The van der Waals surface area contributed by atoms with Gasteiger partial charge in [0.2, 0.25) is 0 Å². The fraction of sp³-hybridized carbons (Fsp3) is 0.923. The van der Waals surface area contributed by atoms with Crippen molar-refractivity contribution in [3.8, 4) is 0 Å². The summed E-state index contributed by atoms with van der Waals surface area (Å²) in [7, 11) is 0. The van der Waals surface area contributed by atoms with Gasteiger partial charge in [-0.25, -0.2) is 4.79 Å². The van der Waals surface area contributed by atoms with Crippen LogP contribution in [0.15, 0.2) is 0 Å². The maximum absolute atomic E-state index is 11.9. The van der Waals surface area contributed by atoms with Gasteiger partial charge in [-0.2, -0.15) is 0 Å². The molecular formula is C13H26N2O3. The molecule has 0 saturated carbocycles. The van der Waals surface area contributed by atoms with Gasteiger partial charge in [0.1, 0.15) is 5.60 Å². The van der Waals surface area contributed by atoms with E-state index in [2.05, 4.69) is 11.8 Å². The molecule has 0 aromatic carbocycles. The standard InChI is InChI=1S/C13H26N2O3/c1-11(5-10-16)14-6-8-15(9-7-14)12(17)18-13(2,3)4/h11,16H,5-10H2,1-4H3/t11-/m0/s1. The zero-order valence-electron chi connectivity index (χ0n) is 12.0. The summed E-state index contributed by atoms with van der Waals surface area (Å²) in [6, 6.07) is 0.371. The van der Waals surface area contributed by atoms with Crippen LogP contribution in [0.2, 0.25) is 0 Å². The molecule has 1 aliphatic rings. The molecular weight excluding hydrogens is 232 g/mol. The smallest absolute Gasteiger partial charge is 0.410 e. The van der Waals surface area contributed by atoms with Crippen LogP contribution in [-0.4, -0.2) is 65.4 Å². The molecule has 1 saturated heterocycles. The summed E-state index contributed by atoms with van der Waals surface area (Å²) >= 11 is 0. The van der Waals surface area contributed by atoms with Crippen molar-refractivity contribution in [3.63, 3.8) is 0 Å². The number of aliphatic hydroxyl groups excluding tert-OH is 1. The molecule has 106 valence electrons. The summed E-state index contributed by atoms with van der Waals surface area (Å²) in [6.45, 7) is 11.1. The number of aliphatic hydroxyl groups is 1. The van der Waals surface area contributed by atoms with Gasteiger partial charge in [-0.05, 0) is 34.1 Å². The van der Waals surface area contributed by atoms with E-state index in [1.54, 1.807) is 4.90 Å². The van der Waals surface area contributed by atoms with E-state index >= 15 is 0 Å². The summed E-state index contributed by atoms with van der Waals surface area (Å²) in [6.07, 6.45) is 0.559. The Bertz CT molecular complexity index is 268. The normalized spacial score (nSPS) is 19.7. The number of piperazine rings is 1. The number of hydrogen-bond donors (Lipinski definition) is 1. The quantitative estimate of drug-likeness (QED) is 0.829. The van der Waals surface area contributed by atoms with Gasteiger partial charge < -0.3 is 14.7 Å². The van der Waals surface area contributed by atoms with Crippen LogP contribution in [0.25, 0.3) is 0 Å². The third kappa shape index (κ3) is 4.82. The minimum atomic E-state index is -0.432. The van der Waals surface area contributed by atoms with Crippen LogP contribution in [0.4, 0.5) is 4.79 Å². The van der Waals surface area contributed by atoms with Crippen molar-refractivity contribution < 1.29 is 14.6 Å². The van der Waals surface area contributed by atoms with Gasteiger partial charge >= 0.3 is 6.09 Å². The molecule has 0 aromatic rings. The average Bonchev–Trinajstić information content (AvgIpc) is 2.27. The second-order valence-corrected chi connectivity index (χ2v) is 5.86. The molecule has 0 spiro atoms. The maximum atomic E-state index is 11.9. The lowest BCUT2D eigenvalue weighted by Gasteiger charge is -2.38. The first-order chi connectivity index (χ1) is 8.33. The van der Waals surface area contributed by atoms with Crippen molar-refractivity contribution >= 4 is 6.09 Å². The molecule has 0 aliphatic carbocycles. The second-order valence-electron chi connectivity index (χ2n) is 5.86. The monoisotopic (exact) mass is 258 g/mol. The Kier molecular flexibility index (Phi) is 5.41. The molecule has 1 amide bonds. The number of carbonyl (C=O) groups is 1. The van der Waals surface area contributed by atoms with Gasteiger partial charge in [-0.1, -0.05) is 0 Å². The molecule has 1 N–H and O–H groups in total. The van der Waals surface area contributed by atoms with E-state index in [-0.39, 0.29) is 12.7 Å². The molecule has 0 bridgehead atoms. The van der Waals surface area contributed by atoms with Crippen LogP contribution in [0.1, 0.15) is 34.1 Å². The predicted octanol–water partition coefficient (Wildman–Crippen LogP) is 1.31. The summed E-state index contributed by atoms with van der Waals surface area (Å²) in [4.78, 5) is 15.9. The van der Waals surface area contributed by atoms with Gasteiger partial charge in [0, 0.05) is 38.8 Å². The van der Waals surface area contributed by atoms with Crippen LogP contribution < -0.4 is 0 Å². The number of amides is 1. The van der Waals surface area contributed by atoms with E-state index in [9.17, 15) is 4.79 Å². The van der Waals surface area contributed by atoms with Gasteiger partial charge in [0.05, 0.1) is 0 Å². The fourth-order valence-electron chi connectivity index (χ4n) is 2.04. The molecule has 1 atom stereocenters. The number of rotatable bonds is 3. The van der Waals surface area contributed by atoms with Crippen LogP contribution in [0, 0.1) is 0 Å². The highest BCUT2D eigenvalue weighted by molar-refractivity contribution is 5.68. The van der Waals surface area contributed by atoms with Crippen molar-refractivity contribution in [3.05, 3.63) is 0 Å². The molecule has 1 rings (SSSR count). The van der Waals surface area contributed by atoms with Crippen LogP contribution in [-0.2, 0) is 4.74 Å². The van der Waals surface area contributed by atoms with E-state index < -0.39 is 5.60 Å². The number of nitrogens with zero attached hydrogens (tertiary/aromatic N) is 2. The zero-order valence-corrected chi connectivity index (χ0v) is 12.0. The van der Waals surface area contributed by atoms with Crippen molar-refractivity contribution in [1.29, 1.82) is 0 Å². The lowest BCUT2D eigenvalue weighted by atomic mass is 10.2. The topological polar surface area (TPSA) is 53.0 Å². The lowest BCUT2D eigenvalue weighted by molar-refractivity contribution is 0.00995. The van der Waals surface area contributed by atoms with Crippen LogP contribution in [0.3, 0.4) is 0 Å². The first-order valence-corrected chi connectivity index (χ1v) is 6.66. The van der Waals surface area contributed by atoms with Crippen molar-refractivity contribution in [2.24, 2.45) is 0 Å². The number of hydrogen-bond acceptors (Lipinski definition) is 4. The molecule has 1 aliphatic heterocycles.